The summed E-state index contributed by atoms with van der Waals surface area (Å²) < 4.78 is 6.73. The average Bonchev–Trinajstić information content (AvgIpc) is 2.87. The van der Waals surface area contributed by atoms with Gasteiger partial charge >= 0.3 is 0 Å². The van der Waals surface area contributed by atoms with Crippen molar-refractivity contribution in [2.45, 2.75) is 13.2 Å². The highest BCUT2D eigenvalue weighted by Crippen LogP contribution is 2.17. The first kappa shape index (κ1) is 14.3. The molecule has 0 aliphatic heterocycles. The molecule has 0 aliphatic carbocycles. The lowest BCUT2D eigenvalue weighted by molar-refractivity contribution is 0.109. The maximum Gasteiger partial charge on any atom is 0.104 e. The van der Waals surface area contributed by atoms with Gasteiger partial charge in [-0.15, -0.1) is 11.3 Å². The van der Waals surface area contributed by atoms with Gasteiger partial charge in [0.25, 0.3) is 0 Å². The van der Waals surface area contributed by atoms with Crippen molar-refractivity contribution in [1.29, 1.82) is 0 Å². The highest BCUT2D eigenvalue weighted by Gasteiger charge is 1.99. The Bertz CT molecular complexity index is 578. The number of halogens is 1. The van der Waals surface area contributed by atoms with Gasteiger partial charge in [0, 0.05) is 9.35 Å². The Hall–Kier alpha value is -1.12. The number of aliphatic hydroxyl groups is 1. The van der Waals surface area contributed by atoms with Crippen molar-refractivity contribution in [3.63, 3.8) is 0 Å². The smallest absolute Gasteiger partial charge is 0.104 e. The van der Waals surface area contributed by atoms with Crippen molar-refractivity contribution >= 4 is 27.3 Å². The molecule has 0 saturated heterocycles. The van der Waals surface area contributed by atoms with E-state index in [1.54, 1.807) is 11.3 Å². The van der Waals surface area contributed by atoms with Gasteiger partial charge in [0.15, 0.2) is 0 Å². The highest BCUT2D eigenvalue weighted by molar-refractivity contribution is 9.10. The number of benzene rings is 1. The molecule has 98 valence electrons. The summed E-state index contributed by atoms with van der Waals surface area (Å²) in [5.41, 5.74) is 1.15. The van der Waals surface area contributed by atoms with Gasteiger partial charge in [0.1, 0.15) is 6.61 Å². The van der Waals surface area contributed by atoms with Crippen LogP contribution < -0.4 is 0 Å². The Morgan fingerprint density at radius 2 is 1.89 bits per heavy atom. The monoisotopic (exact) mass is 336 g/mol. The van der Waals surface area contributed by atoms with E-state index >= 15 is 0 Å². The van der Waals surface area contributed by atoms with Crippen LogP contribution in [0, 0.1) is 11.8 Å². The molecule has 1 aromatic carbocycles. The lowest BCUT2D eigenvalue weighted by atomic mass is 10.2. The lowest BCUT2D eigenvalue weighted by Crippen LogP contribution is -1.91. The van der Waals surface area contributed by atoms with Crippen LogP contribution in [0.1, 0.15) is 15.3 Å². The number of ether oxygens (including phenoxy) is 1. The molecular weight excluding hydrogens is 324 g/mol. The topological polar surface area (TPSA) is 29.5 Å². The molecule has 0 spiro atoms. The fraction of sp³-hybridized carbons (Fsp3) is 0.200. The van der Waals surface area contributed by atoms with Crippen molar-refractivity contribution in [2.24, 2.45) is 0 Å². The van der Waals surface area contributed by atoms with Crippen molar-refractivity contribution in [1.82, 2.24) is 0 Å². The number of hydrogen-bond donors (Lipinski definition) is 1. The average molecular weight is 337 g/mol. The largest absolute Gasteiger partial charge is 0.384 e. The van der Waals surface area contributed by atoms with Crippen LogP contribution in [-0.4, -0.2) is 11.7 Å². The van der Waals surface area contributed by atoms with Crippen LogP contribution in [0.3, 0.4) is 0 Å². The summed E-state index contributed by atoms with van der Waals surface area (Å²) in [6.45, 7) is 1.08. The zero-order valence-electron chi connectivity index (χ0n) is 10.2. The van der Waals surface area contributed by atoms with E-state index in [1.165, 1.54) is 0 Å². The molecule has 0 aliphatic rings. The summed E-state index contributed by atoms with van der Waals surface area (Å²) in [4.78, 5) is 2.09. The summed E-state index contributed by atoms with van der Waals surface area (Å²) >= 11 is 5.00. The van der Waals surface area contributed by atoms with E-state index in [-0.39, 0.29) is 6.61 Å². The predicted octanol–water partition coefficient (Wildman–Crippen LogP) is 3.57. The quantitative estimate of drug-likeness (QED) is 0.865. The molecule has 1 N–H and O–H groups in total. The molecular formula is C15H13BrO2S. The van der Waals surface area contributed by atoms with Crippen LogP contribution in [0.4, 0.5) is 0 Å². The Morgan fingerprint density at radius 1 is 1.11 bits per heavy atom. The predicted molar refractivity (Wildman–Crippen MR) is 80.9 cm³/mol. The van der Waals surface area contributed by atoms with Crippen LogP contribution in [0.5, 0.6) is 0 Å². The van der Waals surface area contributed by atoms with Crippen LogP contribution in [0.2, 0.25) is 0 Å². The maximum absolute atomic E-state index is 8.62. The number of hydrogen-bond acceptors (Lipinski definition) is 3. The first-order valence-corrected chi connectivity index (χ1v) is 7.39. The van der Waals surface area contributed by atoms with Gasteiger partial charge in [0.2, 0.25) is 0 Å². The van der Waals surface area contributed by atoms with Gasteiger partial charge in [-0.1, -0.05) is 39.9 Å². The third-order valence-electron chi connectivity index (χ3n) is 2.38. The SMILES string of the molecule is OCC#Cc1ccc(COCc2ccc(Br)cc2)s1. The third-order valence-corrected chi connectivity index (χ3v) is 3.88. The Labute approximate surface area is 125 Å². The summed E-state index contributed by atoms with van der Waals surface area (Å²) in [7, 11) is 0. The molecule has 0 radical (unpaired) electrons. The van der Waals surface area contributed by atoms with Crippen LogP contribution >= 0.6 is 27.3 Å². The fourth-order valence-corrected chi connectivity index (χ4v) is 2.58. The van der Waals surface area contributed by atoms with Crippen LogP contribution in [0.25, 0.3) is 0 Å². The first-order chi connectivity index (χ1) is 9.28. The molecule has 0 amide bonds. The number of thiophene rings is 1. The summed E-state index contributed by atoms with van der Waals surface area (Å²) in [6.07, 6.45) is 0. The van der Waals surface area contributed by atoms with E-state index in [2.05, 4.69) is 27.8 Å². The van der Waals surface area contributed by atoms with E-state index < -0.39 is 0 Å². The highest BCUT2D eigenvalue weighted by atomic mass is 79.9. The third kappa shape index (κ3) is 4.81. The zero-order valence-corrected chi connectivity index (χ0v) is 12.6. The molecule has 2 aromatic rings. The van der Waals surface area contributed by atoms with Crippen molar-refractivity contribution in [3.8, 4) is 11.8 Å². The molecule has 1 heterocycles. The first-order valence-electron chi connectivity index (χ1n) is 5.78. The van der Waals surface area contributed by atoms with Gasteiger partial charge in [0.05, 0.1) is 18.1 Å². The molecule has 0 bridgehead atoms. The van der Waals surface area contributed by atoms with Gasteiger partial charge in [-0.05, 0) is 29.8 Å². The van der Waals surface area contributed by atoms with Crippen LogP contribution in [0.15, 0.2) is 40.9 Å². The maximum atomic E-state index is 8.62. The Morgan fingerprint density at radius 3 is 2.63 bits per heavy atom. The summed E-state index contributed by atoms with van der Waals surface area (Å²) in [5, 5.41) is 8.62. The Kier molecular flexibility index (Phi) is 5.62. The molecule has 0 unspecified atom stereocenters. The second-order valence-electron chi connectivity index (χ2n) is 3.85. The van der Waals surface area contributed by atoms with E-state index in [4.69, 9.17) is 9.84 Å². The van der Waals surface area contributed by atoms with Crippen molar-refractivity contribution < 1.29 is 9.84 Å². The van der Waals surface area contributed by atoms with E-state index in [1.807, 2.05) is 36.4 Å². The van der Waals surface area contributed by atoms with Gasteiger partial charge in [-0.2, -0.15) is 0 Å². The van der Waals surface area contributed by atoms with Crippen LogP contribution in [-0.2, 0) is 18.0 Å². The molecule has 1 aromatic heterocycles. The fourth-order valence-electron chi connectivity index (χ4n) is 1.50. The summed E-state index contributed by atoms with van der Waals surface area (Å²) in [5.74, 6) is 5.52. The minimum Gasteiger partial charge on any atom is -0.384 e. The molecule has 0 fully saturated rings. The normalized spacial score (nSPS) is 10.0. The molecule has 2 rings (SSSR count). The molecule has 0 saturated carbocycles. The molecule has 0 atom stereocenters. The van der Waals surface area contributed by atoms with Gasteiger partial charge < -0.3 is 9.84 Å². The Balaban J connectivity index is 1.82. The van der Waals surface area contributed by atoms with E-state index in [9.17, 15) is 0 Å². The zero-order chi connectivity index (χ0) is 13.5. The molecule has 4 heteroatoms. The molecule has 19 heavy (non-hydrogen) atoms. The minimum absolute atomic E-state index is 0.104. The standard InChI is InChI=1S/C15H13BrO2S/c16-13-5-3-12(4-6-13)10-18-11-15-8-7-14(19-15)2-1-9-17/h3-8,17H,9-11H2. The lowest BCUT2D eigenvalue weighted by Gasteiger charge is -2.02. The van der Waals surface area contributed by atoms with E-state index in [0.29, 0.717) is 13.2 Å². The minimum atomic E-state index is -0.104. The molecule has 2 nitrogen and oxygen atoms in total. The second kappa shape index (κ2) is 7.46. The number of rotatable bonds is 4. The summed E-state index contributed by atoms with van der Waals surface area (Å²) in [6, 6.07) is 12.0. The second-order valence-corrected chi connectivity index (χ2v) is 5.93. The number of aliphatic hydroxyl groups excluding tert-OH is 1. The van der Waals surface area contributed by atoms with Gasteiger partial charge in [-0.3, -0.25) is 0 Å². The van der Waals surface area contributed by atoms with Gasteiger partial charge in [-0.25, -0.2) is 0 Å². The van der Waals surface area contributed by atoms with Crippen molar-refractivity contribution in [2.75, 3.05) is 6.61 Å². The van der Waals surface area contributed by atoms with Crippen molar-refractivity contribution in [3.05, 3.63) is 56.2 Å². The van der Waals surface area contributed by atoms with E-state index in [0.717, 1.165) is 19.8 Å².